The van der Waals surface area contributed by atoms with Crippen molar-refractivity contribution in [2.75, 3.05) is 6.61 Å². The Balaban J connectivity index is 1.84. The second-order valence-electron chi connectivity index (χ2n) is 8.83. The van der Waals surface area contributed by atoms with E-state index in [1.165, 1.54) is 89.9 Å². The van der Waals surface area contributed by atoms with Gasteiger partial charge in [-0.1, -0.05) is 128 Å². The lowest BCUT2D eigenvalue weighted by atomic mass is 9.88. The predicted molar refractivity (Wildman–Crippen MR) is 127 cm³/mol. The van der Waals surface area contributed by atoms with Crippen LogP contribution in [0.5, 0.6) is 0 Å². The van der Waals surface area contributed by atoms with E-state index < -0.39 is 11.6 Å². The van der Waals surface area contributed by atoms with Gasteiger partial charge in [-0.15, -0.1) is 0 Å². The molecule has 3 heteroatoms. The molecule has 0 aliphatic heterocycles. The molecule has 1 N–H and O–H groups in total. The van der Waals surface area contributed by atoms with Crippen LogP contribution >= 0.6 is 0 Å². The van der Waals surface area contributed by atoms with Crippen LogP contribution in [0.4, 0.5) is 0 Å². The molecule has 0 saturated heterocycles. The second-order valence-corrected chi connectivity index (χ2v) is 8.83. The predicted octanol–water partition coefficient (Wildman–Crippen LogP) is 7.59. The van der Waals surface area contributed by atoms with Gasteiger partial charge in [0.2, 0.25) is 0 Å². The Morgan fingerprint density at radius 1 is 0.833 bits per heavy atom. The van der Waals surface area contributed by atoms with Crippen molar-refractivity contribution in [1.29, 1.82) is 0 Å². The van der Waals surface area contributed by atoms with Gasteiger partial charge in [0.15, 0.2) is 0 Å². The Hall–Kier alpha value is -1.35. The summed E-state index contributed by atoms with van der Waals surface area (Å²) in [7, 11) is 0. The van der Waals surface area contributed by atoms with E-state index in [1.807, 2.05) is 12.2 Å². The molecule has 0 aromatic heterocycles. The third-order valence-corrected chi connectivity index (χ3v) is 6.05. The molecular weight excluding hydrogens is 372 g/mol. The zero-order valence-corrected chi connectivity index (χ0v) is 19.5. The van der Waals surface area contributed by atoms with Gasteiger partial charge in [-0.2, -0.15) is 0 Å². The maximum atomic E-state index is 12.1. The van der Waals surface area contributed by atoms with Gasteiger partial charge in [-0.3, -0.25) is 0 Å². The highest BCUT2D eigenvalue weighted by Crippen LogP contribution is 2.26. The Bertz CT molecular complexity index is 520. The number of allylic oxidation sites excluding steroid dienone is 2. The molecule has 172 valence electrons. The van der Waals surface area contributed by atoms with Crippen LogP contribution in [0.1, 0.15) is 116 Å². The summed E-state index contributed by atoms with van der Waals surface area (Å²) in [6.07, 6.45) is 28.6. The average molecular weight is 419 g/mol. The van der Waals surface area contributed by atoms with E-state index in [0.29, 0.717) is 13.0 Å². The highest BCUT2D eigenvalue weighted by Gasteiger charge is 2.32. The minimum Gasteiger partial charge on any atom is -0.462 e. The highest BCUT2D eigenvalue weighted by atomic mass is 16.5. The maximum absolute atomic E-state index is 12.1. The van der Waals surface area contributed by atoms with Crippen LogP contribution < -0.4 is 0 Å². The fourth-order valence-electron chi connectivity index (χ4n) is 3.91. The van der Waals surface area contributed by atoms with E-state index in [9.17, 15) is 9.90 Å². The lowest BCUT2D eigenvalue weighted by Crippen LogP contribution is -2.33. The van der Waals surface area contributed by atoms with E-state index in [1.54, 1.807) is 12.2 Å². The van der Waals surface area contributed by atoms with E-state index in [0.717, 1.165) is 12.8 Å². The number of ether oxygens (including phenoxy) is 1. The number of rotatable bonds is 19. The normalized spacial score (nSPS) is 17.9. The molecule has 1 unspecified atom stereocenters. The van der Waals surface area contributed by atoms with E-state index >= 15 is 0 Å². The monoisotopic (exact) mass is 418 g/mol. The van der Waals surface area contributed by atoms with E-state index in [2.05, 4.69) is 13.5 Å². The zero-order chi connectivity index (χ0) is 21.9. The first kappa shape index (κ1) is 26.7. The third-order valence-electron chi connectivity index (χ3n) is 6.05. The SMILES string of the molecule is C=C(C(=O)OCCCCCCCCCCCCCCCCCC)C1(O)C=CC=CC1. The Labute approximate surface area is 185 Å². The van der Waals surface area contributed by atoms with Crippen LogP contribution in [-0.4, -0.2) is 23.3 Å². The maximum Gasteiger partial charge on any atom is 0.336 e. The molecule has 3 nitrogen and oxygen atoms in total. The first-order valence-corrected chi connectivity index (χ1v) is 12.5. The number of carbonyl (C=O) groups is 1. The minimum absolute atomic E-state index is 0.125. The molecule has 0 heterocycles. The van der Waals surface area contributed by atoms with Crippen LogP contribution in [0.25, 0.3) is 0 Å². The summed E-state index contributed by atoms with van der Waals surface area (Å²) in [6, 6.07) is 0. The van der Waals surface area contributed by atoms with Gasteiger partial charge >= 0.3 is 5.97 Å². The molecule has 1 aliphatic carbocycles. The number of hydrogen-bond donors (Lipinski definition) is 1. The second kappa shape index (κ2) is 17.3. The molecule has 30 heavy (non-hydrogen) atoms. The molecule has 0 amide bonds. The number of unbranched alkanes of at least 4 members (excludes halogenated alkanes) is 15. The van der Waals surface area contributed by atoms with Crippen molar-refractivity contribution < 1.29 is 14.6 Å². The number of aliphatic hydroxyl groups is 1. The van der Waals surface area contributed by atoms with Gasteiger partial charge in [0.25, 0.3) is 0 Å². The summed E-state index contributed by atoms with van der Waals surface area (Å²) in [5, 5.41) is 10.4. The number of carbonyl (C=O) groups excluding carboxylic acids is 1. The Kier molecular flexibility index (Phi) is 15.4. The lowest BCUT2D eigenvalue weighted by Gasteiger charge is -2.26. The van der Waals surface area contributed by atoms with E-state index in [4.69, 9.17) is 4.74 Å². The molecular formula is C27H46O3. The largest absolute Gasteiger partial charge is 0.462 e. The van der Waals surface area contributed by atoms with Crippen LogP contribution in [0.3, 0.4) is 0 Å². The van der Waals surface area contributed by atoms with Gasteiger partial charge in [0.05, 0.1) is 12.2 Å². The molecule has 0 aromatic carbocycles. The Morgan fingerprint density at radius 2 is 1.30 bits per heavy atom. The molecule has 1 atom stereocenters. The summed E-state index contributed by atoms with van der Waals surface area (Å²) in [4.78, 5) is 12.1. The van der Waals surface area contributed by atoms with Crippen molar-refractivity contribution in [3.05, 3.63) is 36.5 Å². The van der Waals surface area contributed by atoms with Crippen LogP contribution in [-0.2, 0) is 9.53 Å². The van der Waals surface area contributed by atoms with Crippen LogP contribution in [0.2, 0.25) is 0 Å². The quantitative estimate of drug-likeness (QED) is 0.133. The topological polar surface area (TPSA) is 46.5 Å². The lowest BCUT2D eigenvalue weighted by molar-refractivity contribution is -0.141. The summed E-state index contributed by atoms with van der Waals surface area (Å²) >= 11 is 0. The van der Waals surface area contributed by atoms with Crippen molar-refractivity contribution >= 4 is 5.97 Å². The highest BCUT2D eigenvalue weighted by molar-refractivity contribution is 5.90. The fourth-order valence-corrected chi connectivity index (χ4v) is 3.91. The van der Waals surface area contributed by atoms with Crippen LogP contribution in [0.15, 0.2) is 36.5 Å². The van der Waals surface area contributed by atoms with E-state index in [-0.39, 0.29) is 5.57 Å². The van der Waals surface area contributed by atoms with Gasteiger partial charge in [-0.25, -0.2) is 4.79 Å². The Morgan fingerprint density at radius 3 is 1.73 bits per heavy atom. The van der Waals surface area contributed by atoms with Gasteiger partial charge in [0.1, 0.15) is 5.60 Å². The molecule has 0 radical (unpaired) electrons. The fraction of sp³-hybridized carbons (Fsp3) is 0.741. The van der Waals surface area contributed by atoms with Crippen molar-refractivity contribution in [2.45, 2.75) is 122 Å². The first-order chi connectivity index (χ1) is 14.6. The van der Waals surface area contributed by atoms with Crippen LogP contribution in [0, 0.1) is 0 Å². The molecule has 0 saturated carbocycles. The minimum atomic E-state index is -1.29. The summed E-state index contributed by atoms with van der Waals surface area (Å²) in [6.45, 7) is 6.42. The zero-order valence-electron chi connectivity index (χ0n) is 19.5. The summed E-state index contributed by atoms with van der Waals surface area (Å²) in [5.74, 6) is -0.488. The van der Waals surface area contributed by atoms with Crippen molar-refractivity contribution in [3.8, 4) is 0 Å². The number of hydrogen-bond acceptors (Lipinski definition) is 3. The standard InChI is InChI=1S/C27H46O3/c1-3-4-5-6-7-8-9-10-11-12-13-14-15-16-17-21-24-30-26(28)25(2)27(29)22-19-18-20-23-27/h18-20,22,29H,2-17,21,23-24H2,1H3. The van der Waals surface area contributed by atoms with Gasteiger partial charge in [-0.05, 0) is 12.5 Å². The van der Waals surface area contributed by atoms with Crippen molar-refractivity contribution in [2.24, 2.45) is 0 Å². The molecule has 0 aromatic rings. The molecule has 0 spiro atoms. The summed E-state index contributed by atoms with van der Waals surface area (Å²) < 4.78 is 5.28. The number of esters is 1. The average Bonchev–Trinajstić information content (AvgIpc) is 2.75. The smallest absolute Gasteiger partial charge is 0.336 e. The molecule has 0 fully saturated rings. The van der Waals surface area contributed by atoms with Crippen molar-refractivity contribution in [3.63, 3.8) is 0 Å². The molecule has 1 aliphatic rings. The van der Waals surface area contributed by atoms with Gasteiger partial charge < -0.3 is 9.84 Å². The van der Waals surface area contributed by atoms with Gasteiger partial charge in [0, 0.05) is 6.42 Å². The summed E-state index contributed by atoms with van der Waals surface area (Å²) in [5.41, 5.74) is -1.17. The first-order valence-electron chi connectivity index (χ1n) is 12.5. The molecule has 0 bridgehead atoms. The van der Waals surface area contributed by atoms with Crippen molar-refractivity contribution in [1.82, 2.24) is 0 Å². The third kappa shape index (κ3) is 12.4. The molecule has 1 rings (SSSR count).